The van der Waals surface area contributed by atoms with Crippen molar-refractivity contribution in [3.8, 4) is 0 Å². The van der Waals surface area contributed by atoms with Gasteiger partial charge < -0.3 is 10.2 Å². The van der Waals surface area contributed by atoms with Crippen molar-refractivity contribution < 1.29 is 4.79 Å². The molecule has 1 heterocycles. The summed E-state index contributed by atoms with van der Waals surface area (Å²) >= 11 is 6.11. The maximum absolute atomic E-state index is 12.0. The molecule has 1 amide bonds. The molecule has 1 aliphatic rings. The van der Waals surface area contributed by atoms with Gasteiger partial charge in [-0.25, -0.2) is 0 Å². The standard InChI is InChI=1S/C17H26ClN3O/c1-14(21-11-9-20(2)10-12-21)13-19-17(22)8-7-15-5-3-4-6-16(15)18/h3-6,14H,7-13H2,1-2H3,(H,19,22)/t14-/m1/s1. The normalized spacial score (nSPS) is 18.1. The number of aryl methyl sites for hydroxylation is 1. The van der Waals surface area contributed by atoms with Gasteiger partial charge in [-0.3, -0.25) is 9.69 Å². The topological polar surface area (TPSA) is 35.6 Å². The molecule has 2 rings (SSSR count). The lowest BCUT2D eigenvalue weighted by atomic mass is 10.1. The van der Waals surface area contributed by atoms with Gasteiger partial charge in [-0.2, -0.15) is 0 Å². The van der Waals surface area contributed by atoms with Gasteiger partial charge in [-0.15, -0.1) is 0 Å². The number of carbonyl (C=O) groups excluding carboxylic acids is 1. The Hall–Kier alpha value is -1.10. The van der Waals surface area contributed by atoms with Gasteiger partial charge in [0.25, 0.3) is 0 Å². The quantitative estimate of drug-likeness (QED) is 0.870. The SMILES string of the molecule is C[C@H](CNC(=O)CCc1ccccc1Cl)N1CCN(C)CC1. The van der Waals surface area contributed by atoms with Crippen molar-refractivity contribution in [3.63, 3.8) is 0 Å². The van der Waals surface area contributed by atoms with Gasteiger partial charge >= 0.3 is 0 Å². The first-order valence-corrected chi connectivity index (χ1v) is 8.37. The van der Waals surface area contributed by atoms with Gasteiger partial charge in [0.15, 0.2) is 0 Å². The monoisotopic (exact) mass is 323 g/mol. The molecule has 4 nitrogen and oxygen atoms in total. The first kappa shape index (κ1) is 17.3. The zero-order valence-corrected chi connectivity index (χ0v) is 14.3. The molecule has 5 heteroatoms. The van der Waals surface area contributed by atoms with E-state index in [1.54, 1.807) is 0 Å². The van der Waals surface area contributed by atoms with Crippen LogP contribution in [-0.2, 0) is 11.2 Å². The number of halogens is 1. The van der Waals surface area contributed by atoms with Gasteiger partial charge in [-0.05, 0) is 32.0 Å². The Morgan fingerprint density at radius 2 is 1.95 bits per heavy atom. The molecular weight excluding hydrogens is 298 g/mol. The van der Waals surface area contributed by atoms with Crippen LogP contribution in [0.25, 0.3) is 0 Å². The van der Waals surface area contributed by atoms with Crippen molar-refractivity contribution in [1.29, 1.82) is 0 Å². The first-order chi connectivity index (χ1) is 10.6. The second-order valence-corrected chi connectivity index (χ2v) is 6.49. The summed E-state index contributed by atoms with van der Waals surface area (Å²) in [6, 6.07) is 8.09. The van der Waals surface area contributed by atoms with Gasteiger partial charge in [0.05, 0.1) is 0 Å². The highest BCUT2D eigenvalue weighted by molar-refractivity contribution is 6.31. The van der Waals surface area contributed by atoms with Crippen LogP contribution in [0.2, 0.25) is 5.02 Å². The van der Waals surface area contributed by atoms with E-state index < -0.39 is 0 Å². The lowest BCUT2D eigenvalue weighted by Gasteiger charge is -2.36. The number of nitrogens with one attached hydrogen (secondary N) is 1. The van der Waals surface area contributed by atoms with Crippen molar-refractivity contribution >= 4 is 17.5 Å². The lowest BCUT2D eigenvalue weighted by molar-refractivity contribution is -0.121. The number of piperazine rings is 1. The van der Waals surface area contributed by atoms with Crippen molar-refractivity contribution in [2.45, 2.75) is 25.8 Å². The summed E-state index contributed by atoms with van der Waals surface area (Å²) in [4.78, 5) is 16.8. The number of hydrogen-bond acceptors (Lipinski definition) is 3. The molecule has 1 N–H and O–H groups in total. The molecule has 22 heavy (non-hydrogen) atoms. The van der Waals surface area contributed by atoms with E-state index in [2.05, 4.69) is 29.1 Å². The largest absolute Gasteiger partial charge is 0.355 e. The zero-order chi connectivity index (χ0) is 15.9. The molecule has 122 valence electrons. The van der Waals surface area contributed by atoms with E-state index in [0.29, 0.717) is 25.4 Å². The van der Waals surface area contributed by atoms with E-state index in [9.17, 15) is 4.79 Å². The Bertz CT molecular complexity index is 487. The molecule has 1 fully saturated rings. The number of rotatable bonds is 6. The average molecular weight is 324 g/mol. The third kappa shape index (κ3) is 5.27. The molecule has 0 spiro atoms. The minimum absolute atomic E-state index is 0.0981. The third-order valence-electron chi connectivity index (χ3n) is 4.34. The minimum atomic E-state index is 0.0981. The summed E-state index contributed by atoms with van der Waals surface area (Å²) in [5.74, 6) is 0.0981. The highest BCUT2D eigenvalue weighted by Gasteiger charge is 2.19. The summed E-state index contributed by atoms with van der Waals surface area (Å²) in [7, 11) is 2.15. The van der Waals surface area contributed by atoms with E-state index in [0.717, 1.165) is 36.8 Å². The number of amides is 1. The molecule has 0 saturated carbocycles. The fourth-order valence-corrected chi connectivity index (χ4v) is 2.92. The Balaban J connectivity index is 1.68. The highest BCUT2D eigenvalue weighted by atomic mass is 35.5. The third-order valence-corrected chi connectivity index (χ3v) is 4.70. The molecule has 1 aromatic carbocycles. The number of hydrogen-bond donors (Lipinski definition) is 1. The molecule has 0 radical (unpaired) electrons. The number of likely N-dealkylation sites (N-methyl/N-ethyl adjacent to an activating group) is 1. The van der Waals surface area contributed by atoms with Crippen LogP contribution in [0.5, 0.6) is 0 Å². The first-order valence-electron chi connectivity index (χ1n) is 7.99. The zero-order valence-electron chi connectivity index (χ0n) is 13.5. The molecule has 0 aromatic heterocycles. The van der Waals surface area contributed by atoms with E-state index in [1.165, 1.54) is 0 Å². The molecule has 1 atom stereocenters. The molecule has 0 bridgehead atoms. The highest BCUT2D eigenvalue weighted by Crippen LogP contribution is 2.16. The summed E-state index contributed by atoms with van der Waals surface area (Å²) in [6.45, 7) is 7.25. The van der Waals surface area contributed by atoms with Gasteiger partial charge in [0.1, 0.15) is 0 Å². The Morgan fingerprint density at radius 1 is 1.27 bits per heavy atom. The van der Waals surface area contributed by atoms with Crippen molar-refractivity contribution in [1.82, 2.24) is 15.1 Å². The molecule has 0 aliphatic carbocycles. The second kappa shape index (κ2) is 8.51. The minimum Gasteiger partial charge on any atom is -0.355 e. The van der Waals surface area contributed by atoms with E-state index >= 15 is 0 Å². The average Bonchev–Trinajstić information content (AvgIpc) is 2.52. The van der Waals surface area contributed by atoms with Crippen LogP contribution in [0.3, 0.4) is 0 Å². The van der Waals surface area contributed by atoms with Crippen LogP contribution in [-0.4, -0.2) is 61.5 Å². The van der Waals surface area contributed by atoms with Crippen LogP contribution >= 0.6 is 11.6 Å². The van der Waals surface area contributed by atoms with Gasteiger partial charge in [0.2, 0.25) is 5.91 Å². The lowest BCUT2D eigenvalue weighted by Crippen LogP contribution is -2.51. The predicted molar refractivity (Wildman–Crippen MR) is 91.3 cm³/mol. The number of benzene rings is 1. The van der Waals surface area contributed by atoms with Crippen LogP contribution in [0.15, 0.2) is 24.3 Å². The smallest absolute Gasteiger partial charge is 0.220 e. The molecule has 1 aromatic rings. The number of carbonyl (C=O) groups is 1. The van der Waals surface area contributed by atoms with E-state index in [4.69, 9.17) is 11.6 Å². The van der Waals surface area contributed by atoms with Crippen LogP contribution in [0.4, 0.5) is 0 Å². The van der Waals surface area contributed by atoms with Crippen molar-refractivity contribution in [3.05, 3.63) is 34.9 Å². The maximum Gasteiger partial charge on any atom is 0.220 e. The van der Waals surface area contributed by atoms with Gasteiger partial charge in [-0.1, -0.05) is 29.8 Å². The summed E-state index contributed by atoms with van der Waals surface area (Å²) in [6.07, 6.45) is 1.17. The fourth-order valence-electron chi connectivity index (χ4n) is 2.69. The Morgan fingerprint density at radius 3 is 2.64 bits per heavy atom. The van der Waals surface area contributed by atoms with E-state index in [1.807, 2.05) is 24.3 Å². The molecule has 1 saturated heterocycles. The van der Waals surface area contributed by atoms with Gasteiger partial charge in [0, 0.05) is 50.2 Å². The van der Waals surface area contributed by atoms with E-state index in [-0.39, 0.29) is 5.91 Å². The summed E-state index contributed by atoms with van der Waals surface area (Å²) in [5, 5.41) is 3.78. The summed E-state index contributed by atoms with van der Waals surface area (Å²) in [5.41, 5.74) is 1.03. The predicted octanol–water partition coefficient (Wildman–Crippen LogP) is 2.02. The molecule has 1 aliphatic heterocycles. The van der Waals surface area contributed by atoms with Crippen molar-refractivity contribution in [2.24, 2.45) is 0 Å². The molecular formula is C17H26ClN3O. The van der Waals surface area contributed by atoms with Crippen LogP contribution < -0.4 is 5.32 Å². The maximum atomic E-state index is 12.0. The van der Waals surface area contributed by atoms with Crippen LogP contribution in [0.1, 0.15) is 18.9 Å². The van der Waals surface area contributed by atoms with Crippen molar-refractivity contribution in [2.75, 3.05) is 39.8 Å². The Labute approximate surface area is 138 Å². The summed E-state index contributed by atoms with van der Waals surface area (Å²) < 4.78 is 0. The molecule has 0 unspecified atom stereocenters. The second-order valence-electron chi connectivity index (χ2n) is 6.08. The Kier molecular flexibility index (Phi) is 6.68. The number of nitrogens with zero attached hydrogens (tertiary/aromatic N) is 2. The fraction of sp³-hybridized carbons (Fsp3) is 0.588. The van der Waals surface area contributed by atoms with Crippen LogP contribution in [0, 0.1) is 0 Å².